The molecule has 1 fully saturated rings. The summed E-state index contributed by atoms with van der Waals surface area (Å²) >= 11 is 0. The highest BCUT2D eigenvalue weighted by molar-refractivity contribution is 5.79. The Balaban J connectivity index is 2.13. The molecule has 1 aromatic rings. The minimum atomic E-state index is -4.43. The number of piperazine rings is 1. The van der Waals surface area contributed by atoms with Crippen LogP contribution in [0.15, 0.2) is 24.3 Å². The van der Waals surface area contributed by atoms with Gasteiger partial charge in [0.05, 0.1) is 12.0 Å². The zero-order valence-electron chi connectivity index (χ0n) is 12.1. The molecule has 1 saturated heterocycles. The third-order valence-corrected chi connectivity index (χ3v) is 3.57. The number of carbonyl (C=O) groups excluding carboxylic acids is 1. The van der Waals surface area contributed by atoms with Gasteiger partial charge in [0.2, 0.25) is 5.91 Å². The molecule has 1 heterocycles. The topological polar surface area (TPSA) is 32.3 Å². The van der Waals surface area contributed by atoms with Gasteiger partial charge in [-0.3, -0.25) is 4.79 Å². The van der Waals surface area contributed by atoms with Gasteiger partial charge in [-0.2, -0.15) is 13.2 Å². The molecule has 6 heteroatoms. The molecule has 3 nitrogen and oxygen atoms in total. The van der Waals surface area contributed by atoms with E-state index in [4.69, 9.17) is 0 Å². The number of alkyl halides is 3. The number of nitrogens with one attached hydrogen (secondary N) is 1. The summed E-state index contributed by atoms with van der Waals surface area (Å²) in [7, 11) is 0. The third-order valence-electron chi connectivity index (χ3n) is 3.57. The molecule has 21 heavy (non-hydrogen) atoms. The van der Waals surface area contributed by atoms with Gasteiger partial charge in [-0.25, -0.2) is 0 Å². The number of halogens is 3. The van der Waals surface area contributed by atoms with E-state index in [1.807, 2.05) is 13.8 Å². The van der Waals surface area contributed by atoms with Gasteiger partial charge >= 0.3 is 6.18 Å². The summed E-state index contributed by atoms with van der Waals surface area (Å²) in [5, 5.41) is 3.29. The fourth-order valence-corrected chi connectivity index (χ4v) is 2.76. The Morgan fingerprint density at radius 2 is 1.81 bits per heavy atom. The minimum absolute atomic E-state index is 0.0360. The molecule has 0 bridgehead atoms. The first-order valence-electron chi connectivity index (χ1n) is 6.96. The summed E-state index contributed by atoms with van der Waals surface area (Å²) < 4.78 is 38.8. The van der Waals surface area contributed by atoms with Gasteiger partial charge in [-0.05, 0) is 25.5 Å². The molecule has 0 unspecified atom stereocenters. The maximum atomic E-state index is 12.9. The number of benzene rings is 1. The van der Waals surface area contributed by atoms with Crippen molar-refractivity contribution in [2.24, 2.45) is 0 Å². The zero-order valence-corrected chi connectivity index (χ0v) is 12.1. The summed E-state index contributed by atoms with van der Waals surface area (Å²) in [4.78, 5) is 13.9. The number of amides is 1. The lowest BCUT2D eigenvalue weighted by Gasteiger charge is -2.36. The fourth-order valence-electron chi connectivity index (χ4n) is 2.76. The maximum Gasteiger partial charge on any atom is 0.416 e. The molecule has 116 valence electrons. The van der Waals surface area contributed by atoms with Crippen LogP contribution in [-0.4, -0.2) is 36.0 Å². The van der Waals surface area contributed by atoms with E-state index in [1.54, 1.807) is 4.90 Å². The number of hydrogen-bond donors (Lipinski definition) is 1. The average molecular weight is 300 g/mol. The lowest BCUT2D eigenvalue weighted by atomic mass is 10.0. The third kappa shape index (κ3) is 3.97. The van der Waals surface area contributed by atoms with Gasteiger partial charge < -0.3 is 10.2 Å². The van der Waals surface area contributed by atoms with E-state index in [0.717, 1.165) is 6.07 Å². The smallest absolute Gasteiger partial charge is 0.339 e. The summed E-state index contributed by atoms with van der Waals surface area (Å²) in [5.74, 6) is -0.258. The molecule has 0 radical (unpaired) electrons. The summed E-state index contributed by atoms with van der Waals surface area (Å²) in [5.41, 5.74) is -0.691. The van der Waals surface area contributed by atoms with Crippen molar-refractivity contribution in [1.82, 2.24) is 10.2 Å². The van der Waals surface area contributed by atoms with E-state index in [2.05, 4.69) is 5.32 Å². The average Bonchev–Trinajstić information content (AvgIpc) is 2.37. The van der Waals surface area contributed by atoms with Crippen molar-refractivity contribution in [2.45, 2.75) is 38.5 Å². The molecule has 0 saturated carbocycles. The highest BCUT2D eigenvalue weighted by atomic mass is 19.4. The van der Waals surface area contributed by atoms with E-state index in [1.165, 1.54) is 18.2 Å². The van der Waals surface area contributed by atoms with Crippen molar-refractivity contribution in [3.8, 4) is 0 Å². The van der Waals surface area contributed by atoms with E-state index in [-0.39, 0.29) is 30.0 Å². The van der Waals surface area contributed by atoms with Crippen molar-refractivity contribution >= 4 is 5.91 Å². The minimum Gasteiger partial charge on any atom is -0.339 e. The van der Waals surface area contributed by atoms with Crippen molar-refractivity contribution in [2.75, 3.05) is 13.1 Å². The van der Waals surface area contributed by atoms with Crippen LogP contribution in [0.3, 0.4) is 0 Å². The first-order valence-corrected chi connectivity index (χ1v) is 6.96. The highest BCUT2D eigenvalue weighted by Crippen LogP contribution is 2.32. The van der Waals surface area contributed by atoms with Crippen LogP contribution in [-0.2, 0) is 17.4 Å². The van der Waals surface area contributed by atoms with Crippen molar-refractivity contribution in [1.29, 1.82) is 0 Å². The lowest BCUT2D eigenvalue weighted by Crippen LogP contribution is -2.56. The largest absolute Gasteiger partial charge is 0.416 e. The highest BCUT2D eigenvalue weighted by Gasteiger charge is 2.34. The second kappa shape index (κ2) is 6.05. The van der Waals surface area contributed by atoms with Crippen LogP contribution in [0.1, 0.15) is 25.0 Å². The van der Waals surface area contributed by atoms with E-state index in [0.29, 0.717) is 13.1 Å². The van der Waals surface area contributed by atoms with Gasteiger partial charge in [0.15, 0.2) is 0 Å². The fraction of sp³-hybridized carbons (Fsp3) is 0.533. The number of rotatable bonds is 2. The van der Waals surface area contributed by atoms with Gasteiger partial charge in [-0.15, -0.1) is 0 Å². The molecule has 2 atom stereocenters. The molecule has 0 spiro atoms. The second-order valence-electron chi connectivity index (χ2n) is 5.60. The van der Waals surface area contributed by atoms with Gasteiger partial charge in [0, 0.05) is 25.2 Å². The van der Waals surface area contributed by atoms with E-state index >= 15 is 0 Å². The molecule has 2 rings (SSSR count). The van der Waals surface area contributed by atoms with E-state index < -0.39 is 11.7 Å². The molecular weight excluding hydrogens is 281 g/mol. The van der Waals surface area contributed by atoms with Crippen LogP contribution >= 0.6 is 0 Å². The molecule has 1 aliphatic rings. The normalized spacial score (nSPS) is 23.2. The Morgan fingerprint density at radius 3 is 2.38 bits per heavy atom. The van der Waals surface area contributed by atoms with Crippen molar-refractivity contribution < 1.29 is 18.0 Å². The van der Waals surface area contributed by atoms with Gasteiger partial charge in [0.1, 0.15) is 0 Å². The molecule has 0 aliphatic carbocycles. The van der Waals surface area contributed by atoms with Crippen LogP contribution in [0.5, 0.6) is 0 Å². The number of nitrogens with zero attached hydrogens (tertiary/aromatic N) is 1. The van der Waals surface area contributed by atoms with Crippen LogP contribution in [0.2, 0.25) is 0 Å². The van der Waals surface area contributed by atoms with Gasteiger partial charge in [-0.1, -0.05) is 18.2 Å². The summed E-state index contributed by atoms with van der Waals surface area (Å²) in [6, 6.07) is 5.56. The molecule has 1 aliphatic heterocycles. The Kier molecular flexibility index (Phi) is 4.56. The Morgan fingerprint density at radius 1 is 1.24 bits per heavy atom. The molecule has 0 aromatic heterocycles. The summed E-state index contributed by atoms with van der Waals surface area (Å²) in [6.07, 6.45) is -4.64. The number of hydrogen-bond acceptors (Lipinski definition) is 2. The molecule has 1 N–H and O–H groups in total. The van der Waals surface area contributed by atoms with Crippen LogP contribution in [0, 0.1) is 0 Å². The molecule has 1 aromatic carbocycles. The second-order valence-corrected chi connectivity index (χ2v) is 5.60. The van der Waals surface area contributed by atoms with Crippen molar-refractivity contribution in [3.63, 3.8) is 0 Å². The SMILES string of the molecule is C[C@H]1CN(C(=O)Cc2ccccc2C(F)(F)F)C[C@H](C)N1. The quantitative estimate of drug-likeness (QED) is 0.910. The summed E-state index contributed by atoms with van der Waals surface area (Å²) in [6.45, 7) is 4.97. The molecule has 1 amide bonds. The predicted molar refractivity (Wildman–Crippen MR) is 73.8 cm³/mol. The standard InChI is InChI=1S/C15H19F3N2O/c1-10-8-20(9-11(2)19-10)14(21)7-12-5-3-4-6-13(12)15(16,17)18/h3-6,10-11,19H,7-9H2,1-2H3/t10-,11-/m0/s1. The first-order chi connectivity index (χ1) is 9.77. The Hall–Kier alpha value is -1.56. The predicted octanol–water partition coefficient (Wildman–Crippen LogP) is 2.46. The van der Waals surface area contributed by atoms with Gasteiger partial charge in [0.25, 0.3) is 0 Å². The van der Waals surface area contributed by atoms with E-state index in [9.17, 15) is 18.0 Å². The van der Waals surface area contributed by atoms with Crippen molar-refractivity contribution in [3.05, 3.63) is 35.4 Å². The van der Waals surface area contributed by atoms with Crippen LogP contribution in [0.4, 0.5) is 13.2 Å². The maximum absolute atomic E-state index is 12.9. The van der Waals surface area contributed by atoms with Crippen LogP contribution in [0.25, 0.3) is 0 Å². The van der Waals surface area contributed by atoms with Crippen LogP contribution < -0.4 is 5.32 Å². The lowest BCUT2D eigenvalue weighted by molar-refractivity contribution is -0.139. The Bertz CT molecular complexity index is 506. The monoisotopic (exact) mass is 300 g/mol. The molecular formula is C15H19F3N2O. The first kappa shape index (κ1) is 15.8. The zero-order chi connectivity index (χ0) is 15.6. The Labute approximate surface area is 122 Å². The number of carbonyl (C=O) groups is 1.